The van der Waals surface area contributed by atoms with Crippen molar-refractivity contribution < 1.29 is 19.2 Å². The zero-order valence-electron chi connectivity index (χ0n) is 12.9. The number of ether oxygens (including phenoxy) is 1. The molecule has 1 N–H and O–H groups in total. The van der Waals surface area contributed by atoms with Crippen LogP contribution in [0, 0.1) is 0 Å². The van der Waals surface area contributed by atoms with Crippen molar-refractivity contribution in [3.8, 4) is 0 Å². The number of nitrogens with zero attached hydrogens (tertiary/aromatic N) is 1. The van der Waals surface area contributed by atoms with Crippen molar-refractivity contribution in [2.24, 2.45) is 0 Å². The highest BCUT2D eigenvalue weighted by atomic mass is 35.5. The summed E-state index contributed by atoms with van der Waals surface area (Å²) in [6.45, 7) is 7.68. The fourth-order valence-corrected chi connectivity index (χ4v) is 3.05. The van der Waals surface area contributed by atoms with E-state index in [-0.39, 0.29) is 11.6 Å². The molecule has 0 spiro atoms. The fourth-order valence-electron chi connectivity index (χ4n) is 2.25. The molecule has 1 aliphatic rings. The van der Waals surface area contributed by atoms with Crippen molar-refractivity contribution >= 4 is 47.6 Å². The Hall–Kier alpha value is -0.945. The highest BCUT2D eigenvalue weighted by molar-refractivity contribution is 6.66. The van der Waals surface area contributed by atoms with E-state index in [1.807, 2.05) is 0 Å². The molecular weight excluding hydrogens is 328 g/mol. The summed E-state index contributed by atoms with van der Waals surface area (Å²) in [6.07, 6.45) is -0.549. The summed E-state index contributed by atoms with van der Waals surface area (Å²) in [7, 11) is -1.11. The van der Waals surface area contributed by atoms with Crippen LogP contribution in [0.1, 0.15) is 33.3 Å². The van der Waals surface area contributed by atoms with Gasteiger partial charge in [0.1, 0.15) is 5.60 Å². The third-order valence-electron chi connectivity index (χ3n) is 3.16. The van der Waals surface area contributed by atoms with Crippen LogP contribution in [0.4, 0.5) is 10.5 Å². The molecule has 22 heavy (non-hydrogen) atoms. The quantitative estimate of drug-likeness (QED) is 0.837. The van der Waals surface area contributed by atoms with Crippen LogP contribution in [0.15, 0.2) is 6.07 Å². The van der Waals surface area contributed by atoms with Gasteiger partial charge in [0, 0.05) is 12.0 Å². The second-order valence-electron chi connectivity index (χ2n) is 5.98. The molecule has 0 saturated carbocycles. The third kappa shape index (κ3) is 3.35. The summed E-state index contributed by atoms with van der Waals surface area (Å²) >= 11 is 12.6. The Morgan fingerprint density at radius 1 is 1.50 bits per heavy atom. The molecule has 0 radical (unpaired) electrons. The molecule has 0 atom stereocenters. The van der Waals surface area contributed by atoms with E-state index >= 15 is 0 Å². The smallest absolute Gasteiger partial charge is 0.443 e. The number of fused-ring (bicyclic) bond motifs is 1. The molecule has 0 bridgehead atoms. The Bertz CT molecular complexity index is 603. The average Bonchev–Trinajstić information content (AvgIpc) is 2.73. The fraction of sp³-hybridized carbons (Fsp3) is 0.500. The number of hydrogen-bond donors (Lipinski definition) is 1. The first kappa shape index (κ1) is 17.4. The molecule has 0 aromatic heterocycles. The predicted octanol–water partition coefficient (Wildman–Crippen LogP) is 2.97. The molecule has 2 rings (SSSR count). The van der Waals surface area contributed by atoms with Gasteiger partial charge in [-0.3, -0.25) is 4.90 Å². The van der Waals surface area contributed by atoms with Gasteiger partial charge >= 0.3 is 13.2 Å². The van der Waals surface area contributed by atoms with Crippen LogP contribution >= 0.6 is 23.2 Å². The average molecular weight is 346 g/mol. The van der Waals surface area contributed by atoms with Crippen LogP contribution in [0.5, 0.6) is 0 Å². The number of anilines is 1. The standard InChI is InChI=1S/C14H18BCl2NO4/c1-5-18(13(19)22-14(2,3)4)12-9(16)6-8-7-21-15(20)10(8)11(12)17/h6,20H,5,7H2,1-4H3. The van der Waals surface area contributed by atoms with E-state index in [9.17, 15) is 9.82 Å². The van der Waals surface area contributed by atoms with Crippen molar-refractivity contribution in [2.45, 2.75) is 39.9 Å². The number of amides is 1. The van der Waals surface area contributed by atoms with Gasteiger partial charge in [0.2, 0.25) is 0 Å². The first-order chi connectivity index (χ1) is 10.2. The normalized spacial score (nSPS) is 14.0. The van der Waals surface area contributed by atoms with Crippen molar-refractivity contribution in [2.75, 3.05) is 11.4 Å². The molecule has 1 aromatic rings. The lowest BCUT2D eigenvalue weighted by atomic mass is 9.79. The first-order valence-electron chi connectivity index (χ1n) is 6.96. The SMILES string of the molecule is CCN(C(=O)OC(C)(C)C)c1c(Cl)cc2c(c1Cl)B(O)OC2. The Balaban J connectivity index is 2.46. The number of benzene rings is 1. The molecule has 1 amide bonds. The van der Waals surface area contributed by atoms with Gasteiger partial charge in [-0.1, -0.05) is 23.2 Å². The molecule has 0 aliphatic carbocycles. The second kappa shape index (κ2) is 6.28. The van der Waals surface area contributed by atoms with Crippen molar-refractivity contribution in [1.82, 2.24) is 0 Å². The van der Waals surface area contributed by atoms with Crippen LogP contribution in [-0.2, 0) is 16.0 Å². The maximum Gasteiger partial charge on any atom is 0.493 e. The van der Waals surface area contributed by atoms with Crippen molar-refractivity contribution in [3.05, 3.63) is 21.7 Å². The highest BCUT2D eigenvalue weighted by Crippen LogP contribution is 2.36. The lowest BCUT2D eigenvalue weighted by molar-refractivity contribution is 0.0582. The number of hydrogen-bond acceptors (Lipinski definition) is 4. The minimum atomic E-state index is -1.11. The monoisotopic (exact) mass is 345 g/mol. The van der Waals surface area contributed by atoms with Crippen LogP contribution in [0.25, 0.3) is 0 Å². The highest BCUT2D eigenvalue weighted by Gasteiger charge is 2.35. The molecule has 0 unspecified atom stereocenters. The van der Waals surface area contributed by atoms with Gasteiger partial charge in [0.25, 0.3) is 0 Å². The number of rotatable bonds is 2. The summed E-state index contributed by atoms with van der Waals surface area (Å²) in [5, 5.41) is 10.4. The molecule has 8 heteroatoms. The maximum absolute atomic E-state index is 12.4. The minimum absolute atomic E-state index is 0.209. The summed E-state index contributed by atoms with van der Waals surface area (Å²) in [4.78, 5) is 13.7. The summed E-state index contributed by atoms with van der Waals surface area (Å²) < 4.78 is 10.5. The van der Waals surface area contributed by atoms with E-state index in [0.717, 1.165) is 0 Å². The molecule has 1 aromatic carbocycles. The first-order valence-corrected chi connectivity index (χ1v) is 7.72. The molecule has 0 saturated heterocycles. The van der Waals surface area contributed by atoms with E-state index in [4.69, 9.17) is 32.6 Å². The van der Waals surface area contributed by atoms with Gasteiger partial charge in [-0.2, -0.15) is 0 Å². The Morgan fingerprint density at radius 3 is 2.68 bits per heavy atom. The summed E-state index contributed by atoms with van der Waals surface area (Å²) in [5.74, 6) is 0. The Kier molecular flexibility index (Phi) is 4.97. The van der Waals surface area contributed by atoms with Gasteiger partial charge in [-0.15, -0.1) is 0 Å². The van der Waals surface area contributed by atoms with Gasteiger partial charge in [-0.05, 0) is 39.3 Å². The largest absolute Gasteiger partial charge is 0.493 e. The molecule has 120 valence electrons. The van der Waals surface area contributed by atoms with Crippen molar-refractivity contribution in [1.29, 1.82) is 0 Å². The van der Waals surface area contributed by atoms with Gasteiger partial charge in [-0.25, -0.2) is 4.79 Å². The van der Waals surface area contributed by atoms with Crippen LogP contribution < -0.4 is 10.4 Å². The molecule has 0 fully saturated rings. The minimum Gasteiger partial charge on any atom is -0.443 e. The third-order valence-corrected chi connectivity index (χ3v) is 3.83. The van der Waals surface area contributed by atoms with Crippen LogP contribution in [0.3, 0.4) is 0 Å². The lowest BCUT2D eigenvalue weighted by Crippen LogP contribution is -2.38. The Labute approximate surface area is 140 Å². The number of carbonyl (C=O) groups excluding carboxylic acids is 1. The van der Waals surface area contributed by atoms with Gasteiger partial charge in [0.05, 0.1) is 22.3 Å². The van der Waals surface area contributed by atoms with E-state index in [1.54, 1.807) is 33.8 Å². The van der Waals surface area contributed by atoms with E-state index in [2.05, 4.69) is 0 Å². The molecular formula is C14H18BCl2NO4. The van der Waals surface area contributed by atoms with Crippen LogP contribution in [0.2, 0.25) is 10.0 Å². The van der Waals surface area contributed by atoms with E-state index in [0.29, 0.717) is 28.3 Å². The molecule has 1 aliphatic heterocycles. The summed E-state index contributed by atoms with van der Waals surface area (Å²) in [6, 6.07) is 1.65. The molecule has 5 nitrogen and oxygen atoms in total. The van der Waals surface area contributed by atoms with E-state index in [1.165, 1.54) is 4.90 Å². The number of carbonyl (C=O) groups is 1. The van der Waals surface area contributed by atoms with Crippen molar-refractivity contribution in [3.63, 3.8) is 0 Å². The summed E-state index contributed by atoms with van der Waals surface area (Å²) in [5.41, 5.74) is 0.848. The molecule has 1 heterocycles. The van der Waals surface area contributed by atoms with Crippen LogP contribution in [-0.4, -0.2) is 30.4 Å². The zero-order valence-corrected chi connectivity index (χ0v) is 14.5. The number of halogens is 2. The zero-order chi connectivity index (χ0) is 16.7. The lowest BCUT2D eigenvalue weighted by Gasteiger charge is -2.28. The van der Waals surface area contributed by atoms with E-state index < -0.39 is 18.8 Å². The van der Waals surface area contributed by atoms with Gasteiger partial charge in [0.15, 0.2) is 0 Å². The maximum atomic E-state index is 12.4. The topological polar surface area (TPSA) is 59.0 Å². The van der Waals surface area contributed by atoms with Gasteiger partial charge < -0.3 is 14.4 Å². The second-order valence-corrected chi connectivity index (χ2v) is 6.77. The Morgan fingerprint density at radius 2 is 2.14 bits per heavy atom. The predicted molar refractivity (Wildman–Crippen MR) is 88.1 cm³/mol.